The lowest BCUT2D eigenvalue weighted by Gasteiger charge is -2.46. The van der Waals surface area contributed by atoms with Crippen molar-refractivity contribution in [3.05, 3.63) is 36.5 Å². The summed E-state index contributed by atoms with van der Waals surface area (Å²) in [6.45, 7) is 2.79. The number of aliphatic hydroxyl groups is 8. The molecular weight excluding hydrogens is 991 g/mol. The minimum absolute atomic E-state index is 0.245. The zero-order chi connectivity index (χ0) is 56.7. The summed E-state index contributed by atoms with van der Waals surface area (Å²) in [5, 5.41) is 87.2. The minimum atomic E-state index is -1.79. The molecule has 0 spiro atoms. The molecule has 0 aliphatic carbocycles. The third kappa shape index (κ3) is 34.6. The maximum atomic E-state index is 13.3. The van der Waals surface area contributed by atoms with Gasteiger partial charge in [-0.05, 0) is 51.4 Å². The van der Waals surface area contributed by atoms with Crippen molar-refractivity contribution in [2.24, 2.45) is 0 Å². The highest BCUT2D eigenvalue weighted by Gasteiger charge is 2.51. The van der Waals surface area contributed by atoms with Crippen LogP contribution in [0, 0.1) is 0 Å². The smallest absolute Gasteiger partial charge is 0.220 e. The lowest BCUT2D eigenvalue weighted by molar-refractivity contribution is -0.359. The Hall–Kier alpha value is -1.79. The molecule has 2 saturated heterocycles. The molecule has 0 bridgehead atoms. The van der Waals surface area contributed by atoms with Crippen molar-refractivity contribution in [1.82, 2.24) is 5.32 Å². The van der Waals surface area contributed by atoms with E-state index in [-0.39, 0.29) is 18.9 Å². The van der Waals surface area contributed by atoms with E-state index in [0.29, 0.717) is 6.42 Å². The molecule has 2 rings (SSSR count). The number of ether oxygens (including phenoxy) is 4. The van der Waals surface area contributed by atoms with Crippen molar-refractivity contribution in [1.29, 1.82) is 0 Å². The second kappa shape index (κ2) is 49.8. The summed E-state index contributed by atoms with van der Waals surface area (Å²) in [5.41, 5.74) is 0. The topological polar surface area (TPSA) is 228 Å². The van der Waals surface area contributed by atoms with Crippen LogP contribution in [0.1, 0.15) is 271 Å². The van der Waals surface area contributed by atoms with Gasteiger partial charge in [0.05, 0.1) is 32.0 Å². The summed E-state index contributed by atoms with van der Waals surface area (Å²) in [6.07, 6.45) is 44.7. The number of carbonyl (C=O) groups is 1. The maximum absolute atomic E-state index is 13.3. The third-order valence-electron chi connectivity index (χ3n) is 15.8. The Morgan fingerprint density at radius 1 is 0.462 bits per heavy atom. The minimum Gasteiger partial charge on any atom is -0.394 e. The zero-order valence-corrected chi connectivity index (χ0v) is 49.4. The number of amides is 1. The van der Waals surface area contributed by atoms with E-state index < -0.39 is 86.8 Å². The number of carbonyl (C=O) groups excluding carboxylic acids is 1. The molecule has 2 aliphatic heterocycles. The molecule has 0 radical (unpaired) electrons. The molecule has 0 aromatic carbocycles. The van der Waals surface area contributed by atoms with Gasteiger partial charge in [-0.25, -0.2) is 0 Å². The first-order chi connectivity index (χ1) is 38.1. The summed E-state index contributed by atoms with van der Waals surface area (Å²) in [4.78, 5) is 13.3. The van der Waals surface area contributed by atoms with Crippen molar-refractivity contribution in [2.75, 3.05) is 19.8 Å². The highest BCUT2D eigenvalue weighted by Crippen LogP contribution is 2.30. The summed E-state index contributed by atoms with van der Waals surface area (Å²) < 4.78 is 22.8. The number of nitrogens with one attached hydrogen (secondary N) is 1. The van der Waals surface area contributed by atoms with E-state index >= 15 is 0 Å². The fraction of sp³-hybridized carbons (Fsp3) is 0.891. The highest BCUT2D eigenvalue weighted by molar-refractivity contribution is 5.76. The summed E-state index contributed by atoms with van der Waals surface area (Å²) >= 11 is 0. The lowest BCUT2D eigenvalue weighted by Crippen LogP contribution is -2.65. The van der Waals surface area contributed by atoms with Crippen LogP contribution in [0.25, 0.3) is 0 Å². The average molecular weight is 1110 g/mol. The van der Waals surface area contributed by atoms with E-state index in [1.54, 1.807) is 6.08 Å². The molecule has 0 aromatic rings. The van der Waals surface area contributed by atoms with Crippen molar-refractivity contribution in [3.8, 4) is 0 Å². The Labute approximate surface area is 474 Å². The SMILES string of the molecule is CCCCC/C=C\C/C=C\CCCCCCCCCC(=O)NC(COC1OC(CO)C(OC2OC(CO)C(O)C(O)C2O)C(O)C1O)C(O)/C=C/CCCCCCCCCCCCCCCCCCCCCCCCCCC. The monoisotopic (exact) mass is 1110 g/mol. The van der Waals surface area contributed by atoms with Crippen LogP contribution in [0.2, 0.25) is 0 Å². The van der Waals surface area contributed by atoms with Gasteiger partial charge >= 0.3 is 0 Å². The largest absolute Gasteiger partial charge is 0.394 e. The van der Waals surface area contributed by atoms with Crippen LogP contribution < -0.4 is 5.32 Å². The molecule has 78 heavy (non-hydrogen) atoms. The second-order valence-corrected chi connectivity index (χ2v) is 22.9. The van der Waals surface area contributed by atoms with Crippen LogP contribution in [-0.2, 0) is 23.7 Å². The van der Waals surface area contributed by atoms with Crippen LogP contribution in [-0.4, -0.2) is 140 Å². The number of unbranched alkanes of at least 4 members (excludes halogenated alkanes) is 35. The summed E-state index contributed by atoms with van der Waals surface area (Å²) in [7, 11) is 0. The molecule has 12 atom stereocenters. The van der Waals surface area contributed by atoms with Gasteiger partial charge in [0, 0.05) is 6.42 Å². The van der Waals surface area contributed by atoms with Crippen molar-refractivity contribution in [3.63, 3.8) is 0 Å². The fourth-order valence-electron chi connectivity index (χ4n) is 10.6. The van der Waals surface area contributed by atoms with Crippen LogP contribution in [0.5, 0.6) is 0 Å². The van der Waals surface area contributed by atoms with E-state index in [1.165, 1.54) is 186 Å². The molecule has 1 amide bonds. The van der Waals surface area contributed by atoms with Crippen LogP contribution in [0.15, 0.2) is 36.5 Å². The first-order valence-electron chi connectivity index (χ1n) is 32.2. The number of hydrogen-bond acceptors (Lipinski definition) is 13. The molecule has 2 aliphatic rings. The quantitative estimate of drug-likeness (QED) is 0.0204. The Kier molecular flexibility index (Phi) is 46.2. The Morgan fingerprint density at radius 2 is 0.846 bits per heavy atom. The molecule has 2 heterocycles. The van der Waals surface area contributed by atoms with Gasteiger partial charge in [0.25, 0.3) is 0 Å². The van der Waals surface area contributed by atoms with E-state index in [1.807, 2.05) is 6.08 Å². The zero-order valence-electron chi connectivity index (χ0n) is 49.4. The standard InChI is InChI=1S/C64H119NO13/c1-3-5-7-9-11-13-15-17-19-21-22-23-24-25-26-27-28-29-30-32-33-35-37-39-41-43-45-47-53(68)52(65-56(69)48-46-44-42-40-38-36-34-31-20-18-16-14-12-10-8-6-4-2)51-75-63-61(74)59(72)62(55(50-67)77-63)78-64-60(73)58(71)57(70)54(49-66)76-64/h12,14,18,20,45,47,52-55,57-64,66-68,70-74H,3-11,13,15-17,19,21-44,46,48-51H2,1-2H3,(H,65,69)/b14-12-,20-18-,47-45+. The van der Waals surface area contributed by atoms with Gasteiger partial charge in [-0.1, -0.05) is 249 Å². The number of rotatable bonds is 52. The fourth-order valence-corrected chi connectivity index (χ4v) is 10.6. The number of aliphatic hydroxyl groups excluding tert-OH is 8. The molecule has 14 heteroatoms. The van der Waals surface area contributed by atoms with Gasteiger partial charge < -0.3 is 65.1 Å². The molecule has 12 unspecified atom stereocenters. The van der Waals surface area contributed by atoms with E-state index in [2.05, 4.69) is 43.5 Å². The number of allylic oxidation sites excluding steroid dienone is 5. The van der Waals surface area contributed by atoms with Crippen LogP contribution in [0.3, 0.4) is 0 Å². The molecule has 2 fully saturated rings. The molecule has 458 valence electrons. The van der Waals surface area contributed by atoms with Gasteiger partial charge in [0.1, 0.15) is 48.8 Å². The maximum Gasteiger partial charge on any atom is 0.220 e. The first-order valence-corrected chi connectivity index (χ1v) is 32.2. The normalized spacial score (nSPS) is 24.7. The molecule has 14 nitrogen and oxygen atoms in total. The van der Waals surface area contributed by atoms with Crippen LogP contribution >= 0.6 is 0 Å². The van der Waals surface area contributed by atoms with Gasteiger partial charge in [0.2, 0.25) is 5.91 Å². The van der Waals surface area contributed by atoms with E-state index in [9.17, 15) is 45.6 Å². The third-order valence-corrected chi connectivity index (χ3v) is 15.8. The van der Waals surface area contributed by atoms with E-state index in [0.717, 1.165) is 57.8 Å². The van der Waals surface area contributed by atoms with Gasteiger partial charge in [-0.3, -0.25) is 4.79 Å². The molecule has 0 aromatic heterocycles. The van der Waals surface area contributed by atoms with E-state index in [4.69, 9.17) is 18.9 Å². The van der Waals surface area contributed by atoms with Gasteiger partial charge in [-0.2, -0.15) is 0 Å². The van der Waals surface area contributed by atoms with Crippen molar-refractivity contribution in [2.45, 2.75) is 344 Å². The van der Waals surface area contributed by atoms with Crippen LogP contribution in [0.4, 0.5) is 0 Å². The van der Waals surface area contributed by atoms with Gasteiger partial charge in [-0.15, -0.1) is 0 Å². The van der Waals surface area contributed by atoms with Crippen molar-refractivity contribution >= 4 is 5.91 Å². The first kappa shape index (κ1) is 72.3. The Bertz CT molecular complexity index is 1450. The Balaban J connectivity index is 1.72. The molecule has 9 N–H and O–H groups in total. The molecule has 0 saturated carbocycles. The number of hydrogen-bond donors (Lipinski definition) is 9. The van der Waals surface area contributed by atoms with Crippen molar-refractivity contribution < 1.29 is 64.6 Å². The summed E-state index contributed by atoms with van der Waals surface area (Å²) in [6, 6.07) is -0.919. The second-order valence-electron chi connectivity index (χ2n) is 22.9. The van der Waals surface area contributed by atoms with Gasteiger partial charge in [0.15, 0.2) is 12.6 Å². The Morgan fingerprint density at radius 3 is 1.31 bits per heavy atom. The highest BCUT2D eigenvalue weighted by atomic mass is 16.7. The predicted molar refractivity (Wildman–Crippen MR) is 314 cm³/mol. The average Bonchev–Trinajstić information content (AvgIpc) is 3.48. The summed E-state index contributed by atoms with van der Waals surface area (Å²) in [5.74, 6) is -0.245. The lowest BCUT2D eigenvalue weighted by atomic mass is 9.97. The predicted octanol–water partition coefficient (Wildman–Crippen LogP) is 11.8. The molecular formula is C64H119NO13.